The number of carbonyl (C=O) groups excluding carboxylic acids is 1. The summed E-state index contributed by atoms with van der Waals surface area (Å²) in [4.78, 5) is 13.6. The van der Waals surface area contributed by atoms with Crippen LogP contribution in [0.5, 0.6) is 0 Å². The van der Waals surface area contributed by atoms with Gasteiger partial charge in [0.05, 0.1) is 12.7 Å². The zero-order chi connectivity index (χ0) is 13.1. The minimum absolute atomic E-state index is 0.0638. The molecule has 0 saturated carbocycles. The van der Waals surface area contributed by atoms with Gasteiger partial charge in [-0.25, -0.2) is 0 Å². The van der Waals surface area contributed by atoms with E-state index in [0.29, 0.717) is 17.4 Å². The third kappa shape index (κ3) is 2.43. The van der Waals surface area contributed by atoms with Crippen LogP contribution in [0.2, 0.25) is 0 Å². The van der Waals surface area contributed by atoms with Crippen LogP contribution in [0.1, 0.15) is 25.8 Å². The average molecular weight is 264 g/mol. The highest BCUT2D eigenvalue weighted by atomic mass is 32.1. The molecule has 0 aliphatic carbocycles. The number of rotatable bonds is 4. The fraction of sp³-hybridized carbons (Fsp3) is 0.417. The van der Waals surface area contributed by atoms with E-state index in [1.165, 1.54) is 0 Å². The molecule has 1 fully saturated rings. The second-order valence-corrected chi connectivity index (χ2v) is 4.44. The van der Waals surface area contributed by atoms with E-state index in [0.717, 1.165) is 18.5 Å². The summed E-state index contributed by atoms with van der Waals surface area (Å²) in [5, 5.41) is 7.58. The van der Waals surface area contributed by atoms with Crippen LogP contribution in [0.3, 0.4) is 0 Å². The second kappa shape index (κ2) is 5.30. The lowest BCUT2D eigenvalue weighted by Crippen LogP contribution is -2.29. The largest absolute Gasteiger partial charge is 0.328 e. The molecule has 1 N–H and O–H groups in total. The monoisotopic (exact) mass is 264 g/mol. The van der Waals surface area contributed by atoms with Crippen molar-refractivity contribution < 1.29 is 4.79 Å². The molecule has 0 radical (unpaired) electrons. The van der Waals surface area contributed by atoms with Gasteiger partial charge in [-0.1, -0.05) is 13.0 Å². The van der Waals surface area contributed by atoms with Crippen LogP contribution >= 0.6 is 12.2 Å². The molecule has 6 heteroatoms. The predicted octanol–water partition coefficient (Wildman–Crippen LogP) is 1.41. The Kier molecular flexibility index (Phi) is 3.76. The first kappa shape index (κ1) is 12.8. The van der Waals surface area contributed by atoms with Crippen LogP contribution in [0.25, 0.3) is 0 Å². The normalized spacial score (nSPS) is 17.7. The molecular weight excluding hydrogens is 248 g/mol. The smallest absolute Gasteiger partial charge is 0.276 e. The summed E-state index contributed by atoms with van der Waals surface area (Å²) < 4.78 is 1.83. The first-order chi connectivity index (χ1) is 8.65. The highest BCUT2D eigenvalue weighted by molar-refractivity contribution is 7.80. The molecule has 0 bridgehead atoms. The highest BCUT2D eigenvalue weighted by Crippen LogP contribution is 2.14. The summed E-state index contributed by atoms with van der Waals surface area (Å²) >= 11 is 5.17. The number of nitrogens with zero attached hydrogens (tertiary/aromatic N) is 3. The van der Waals surface area contributed by atoms with Crippen molar-refractivity contribution in [2.24, 2.45) is 0 Å². The summed E-state index contributed by atoms with van der Waals surface area (Å²) in [6.45, 7) is 5.29. The van der Waals surface area contributed by atoms with Gasteiger partial charge in [0.25, 0.3) is 5.91 Å². The molecule has 2 rings (SSSR count). The Morgan fingerprint density at radius 3 is 2.89 bits per heavy atom. The Morgan fingerprint density at radius 1 is 1.50 bits per heavy atom. The molecule has 1 aromatic rings. The maximum absolute atomic E-state index is 12.1. The molecule has 0 atom stereocenters. The van der Waals surface area contributed by atoms with Gasteiger partial charge in [0.15, 0.2) is 5.11 Å². The molecule has 18 heavy (non-hydrogen) atoms. The van der Waals surface area contributed by atoms with E-state index in [2.05, 4.69) is 10.4 Å². The van der Waals surface area contributed by atoms with Gasteiger partial charge >= 0.3 is 0 Å². The number of amides is 1. The first-order valence-corrected chi connectivity index (χ1v) is 6.40. The standard InChI is InChI=1S/C12H16N4OS/c1-3-5-10-11(17)16(12(18)14-10)8-9-6-13-15(4-2)7-9/h5-7H,3-4,8H2,1-2H3,(H,14,18)/b10-5+. The zero-order valence-electron chi connectivity index (χ0n) is 10.5. The van der Waals surface area contributed by atoms with Crippen LogP contribution in [-0.4, -0.2) is 25.7 Å². The molecule has 0 spiro atoms. The Bertz CT molecular complexity index is 506. The van der Waals surface area contributed by atoms with Crippen molar-refractivity contribution in [3.8, 4) is 0 Å². The van der Waals surface area contributed by atoms with Crippen molar-refractivity contribution in [3.05, 3.63) is 29.7 Å². The summed E-state index contributed by atoms with van der Waals surface area (Å²) in [6.07, 6.45) is 6.35. The molecular formula is C12H16N4OS. The number of aryl methyl sites for hydroxylation is 1. The van der Waals surface area contributed by atoms with E-state index in [1.807, 2.05) is 30.8 Å². The number of thiocarbonyl (C=S) groups is 1. The van der Waals surface area contributed by atoms with E-state index < -0.39 is 0 Å². The Hall–Kier alpha value is -1.69. The number of aromatic nitrogens is 2. The Morgan fingerprint density at radius 2 is 2.28 bits per heavy atom. The van der Waals surface area contributed by atoms with E-state index in [1.54, 1.807) is 11.1 Å². The summed E-state index contributed by atoms with van der Waals surface area (Å²) in [7, 11) is 0. The van der Waals surface area contributed by atoms with Gasteiger partial charge in [0, 0.05) is 18.3 Å². The van der Waals surface area contributed by atoms with Gasteiger partial charge < -0.3 is 5.32 Å². The van der Waals surface area contributed by atoms with Crippen molar-refractivity contribution >= 4 is 23.2 Å². The average Bonchev–Trinajstić information content (AvgIpc) is 2.91. The van der Waals surface area contributed by atoms with E-state index in [4.69, 9.17) is 12.2 Å². The van der Waals surface area contributed by atoms with Crippen molar-refractivity contribution in [2.45, 2.75) is 33.4 Å². The van der Waals surface area contributed by atoms with Gasteiger partial charge in [0.1, 0.15) is 5.70 Å². The molecule has 0 aromatic carbocycles. The number of hydrogen-bond acceptors (Lipinski definition) is 3. The minimum Gasteiger partial charge on any atom is -0.328 e. The fourth-order valence-corrected chi connectivity index (χ4v) is 2.06. The molecule has 2 heterocycles. The molecule has 1 saturated heterocycles. The molecule has 1 aromatic heterocycles. The molecule has 1 aliphatic heterocycles. The first-order valence-electron chi connectivity index (χ1n) is 6.00. The van der Waals surface area contributed by atoms with Crippen molar-refractivity contribution in [3.63, 3.8) is 0 Å². The molecule has 0 unspecified atom stereocenters. The van der Waals surface area contributed by atoms with Crippen LogP contribution in [0.15, 0.2) is 24.2 Å². The maximum atomic E-state index is 12.1. The zero-order valence-corrected chi connectivity index (χ0v) is 11.3. The van der Waals surface area contributed by atoms with Crippen molar-refractivity contribution in [2.75, 3.05) is 0 Å². The van der Waals surface area contributed by atoms with Crippen molar-refractivity contribution in [1.29, 1.82) is 0 Å². The topological polar surface area (TPSA) is 50.2 Å². The predicted molar refractivity (Wildman–Crippen MR) is 72.6 cm³/mol. The van der Waals surface area contributed by atoms with Gasteiger partial charge in [-0.15, -0.1) is 0 Å². The van der Waals surface area contributed by atoms with Crippen molar-refractivity contribution in [1.82, 2.24) is 20.0 Å². The summed E-state index contributed by atoms with van der Waals surface area (Å²) in [5.74, 6) is -0.0638. The maximum Gasteiger partial charge on any atom is 0.276 e. The van der Waals surface area contributed by atoms with E-state index in [-0.39, 0.29) is 5.91 Å². The molecule has 1 amide bonds. The van der Waals surface area contributed by atoms with Gasteiger partial charge in [-0.3, -0.25) is 14.4 Å². The minimum atomic E-state index is -0.0638. The Labute approximate surface area is 111 Å². The van der Waals surface area contributed by atoms with E-state index >= 15 is 0 Å². The third-order valence-corrected chi connectivity index (χ3v) is 3.04. The number of nitrogens with one attached hydrogen (secondary N) is 1. The van der Waals surface area contributed by atoms with Gasteiger partial charge in [0.2, 0.25) is 0 Å². The van der Waals surface area contributed by atoms with Gasteiger partial charge in [-0.05, 0) is 25.6 Å². The SMILES string of the molecule is CC/C=C1/NC(=S)N(Cc2cnn(CC)c2)C1=O. The summed E-state index contributed by atoms with van der Waals surface area (Å²) in [6, 6.07) is 0. The Balaban J connectivity index is 2.12. The van der Waals surface area contributed by atoms with Gasteiger partial charge in [-0.2, -0.15) is 5.10 Å². The summed E-state index contributed by atoms with van der Waals surface area (Å²) in [5.41, 5.74) is 1.55. The third-order valence-electron chi connectivity index (χ3n) is 2.72. The van der Waals surface area contributed by atoms with E-state index in [9.17, 15) is 4.79 Å². The lowest BCUT2D eigenvalue weighted by atomic mass is 10.3. The fourth-order valence-electron chi connectivity index (χ4n) is 1.80. The molecule has 1 aliphatic rings. The van der Waals surface area contributed by atoms with Crippen LogP contribution < -0.4 is 5.32 Å². The number of carbonyl (C=O) groups is 1. The number of hydrogen-bond donors (Lipinski definition) is 1. The lowest BCUT2D eigenvalue weighted by Gasteiger charge is -2.12. The van der Waals surface area contributed by atoms with Crippen LogP contribution in [-0.2, 0) is 17.9 Å². The van der Waals surface area contributed by atoms with Crippen LogP contribution in [0, 0.1) is 0 Å². The number of allylic oxidation sites excluding steroid dienone is 1. The molecule has 96 valence electrons. The van der Waals surface area contributed by atoms with Crippen LogP contribution in [0.4, 0.5) is 0 Å². The highest BCUT2D eigenvalue weighted by Gasteiger charge is 2.30. The quantitative estimate of drug-likeness (QED) is 0.660. The molecule has 5 nitrogen and oxygen atoms in total. The lowest BCUT2D eigenvalue weighted by molar-refractivity contribution is -0.122. The second-order valence-electron chi connectivity index (χ2n) is 4.05.